The lowest BCUT2D eigenvalue weighted by atomic mass is 10.0. The van der Waals surface area contributed by atoms with Crippen molar-refractivity contribution in [2.24, 2.45) is 5.73 Å². The van der Waals surface area contributed by atoms with Gasteiger partial charge in [-0.3, -0.25) is 15.1 Å². The van der Waals surface area contributed by atoms with Gasteiger partial charge in [0.25, 0.3) is 0 Å². The first-order valence-electron chi connectivity index (χ1n) is 23.1. The smallest absolute Gasteiger partial charge is 0.457 e. The molecule has 6 rings (SSSR count). The molecule has 2 saturated heterocycles. The van der Waals surface area contributed by atoms with Gasteiger partial charge in [-0.1, -0.05) is 60.2 Å². The van der Waals surface area contributed by atoms with Gasteiger partial charge >= 0.3 is 19.7 Å². The van der Waals surface area contributed by atoms with Crippen molar-refractivity contribution in [3.63, 3.8) is 0 Å². The molecule has 2 fully saturated rings. The van der Waals surface area contributed by atoms with Crippen LogP contribution in [0, 0.1) is 5.41 Å². The van der Waals surface area contributed by atoms with Crippen LogP contribution in [0.4, 0.5) is 15.3 Å². The number of hydrogen-bond acceptors (Lipinski definition) is 15. The monoisotopic (exact) mass is 1010 g/mol. The van der Waals surface area contributed by atoms with Gasteiger partial charge in [-0.05, 0) is 54.8 Å². The number of aromatic nitrogens is 3. The van der Waals surface area contributed by atoms with Gasteiger partial charge in [0.15, 0.2) is 11.7 Å². The van der Waals surface area contributed by atoms with E-state index in [0.717, 1.165) is 29.9 Å². The third kappa shape index (κ3) is 17.8. The number of benzene rings is 3. The average molecular weight is 1010 g/mol. The van der Waals surface area contributed by atoms with Crippen molar-refractivity contribution in [2.45, 2.75) is 62.0 Å². The lowest BCUT2D eigenvalue weighted by Gasteiger charge is -2.34. The van der Waals surface area contributed by atoms with Crippen LogP contribution in [-0.4, -0.2) is 145 Å². The van der Waals surface area contributed by atoms with Gasteiger partial charge in [0, 0.05) is 36.2 Å². The predicted molar refractivity (Wildman–Crippen MR) is 261 cm³/mol. The zero-order valence-electron chi connectivity index (χ0n) is 38.9. The topological polar surface area (TPSA) is 285 Å². The minimum Gasteiger partial charge on any atom is -0.465 e. The number of amides is 4. The molecule has 0 bridgehead atoms. The fourth-order valence-corrected chi connectivity index (χ4v) is 11.2. The molecule has 4 aromatic rings. The molecular formula is C46H63N10O12PS. The Balaban J connectivity index is 0.823. The standard InChI is InChI=1S/C46H63N10O12PS/c47-44(48)50-35-17-15-34(16-18-35)43(69(61,67-37-9-3-1-4-10-37)68-38-11-5-2-6-12-38)56(46(59)60)21-24-64-29-30-66-32-36-31-55(54-53-36)20-23-63-26-28-65-27-25-62-22-19-49-41(57)14-8-7-13-40-42-39(33-70-40)51-45(58)52-42/h1-6,9-12,15-18,31,39-40,42-43H,7-8,13-14,19-30,32-33H2,(H,49,57)(H,59,60)(H4,47,48,50)(H2,51,52,58)/t39-,40-,42-,43?/m1/s1. The maximum atomic E-state index is 15.1. The third-order valence-electron chi connectivity index (χ3n) is 10.8. The molecular weight excluding hydrogens is 948 g/mol. The molecule has 0 spiro atoms. The molecule has 0 aliphatic carbocycles. The highest BCUT2D eigenvalue weighted by Gasteiger charge is 2.47. The first kappa shape index (κ1) is 53.4. The van der Waals surface area contributed by atoms with E-state index in [1.54, 1.807) is 95.8 Å². The highest BCUT2D eigenvalue weighted by molar-refractivity contribution is 8.00. The van der Waals surface area contributed by atoms with E-state index in [4.69, 9.17) is 43.9 Å². The molecule has 2 aliphatic heterocycles. The number of nitrogens with one attached hydrogen (secondary N) is 5. The fraction of sp³-hybridized carbons (Fsp3) is 0.478. The van der Waals surface area contributed by atoms with Crippen LogP contribution in [0.1, 0.15) is 42.7 Å². The van der Waals surface area contributed by atoms with Crippen LogP contribution in [0.5, 0.6) is 11.5 Å². The van der Waals surface area contributed by atoms with Gasteiger partial charge < -0.3 is 64.8 Å². The molecule has 4 atom stereocenters. The number of para-hydroxylation sites is 2. The summed E-state index contributed by atoms with van der Waals surface area (Å²) in [6.45, 7) is 3.51. The summed E-state index contributed by atoms with van der Waals surface area (Å²) in [5.74, 6) is -0.374. The highest BCUT2D eigenvalue weighted by atomic mass is 32.2. The SMILES string of the molecule is N=C(N)Nc1ccc(C(N(CCOCCOCc2cn(CCOCCOCCOCCNC(=O)CCCC[C@H]3SC[C@H]4NC(=O)N[C@H]43)nn2)C(=O)O)P(=O)(Oc2ccccc2)Oc2ccccc2)cc1. The fourth-order valence-electron chi connectivity index (χ4n) is 7.52. The quantitative estimate of drug-likeness (QED) is 0.0108. The number of carboxylic acid groups (broad SMARTS) is 1. The van der Waals surface area contributed by atoms with E-state index in [1.807, 2.05) is 11.8 Å². The number of hydrogen-bond donors (Lipinski definition) is 7. The molecule has 380 valence electrons. The Morgan fingerprint density at radius 3 is 2.14 bits per heavy atom. The highest BCUT2D eigenvalue weighted by Crippen LogP contribution is 2.61. The Morgan fingerprint density at radius 2 is 1.49 bits per heavy atom. The number of rotatable bonds is 33. The Labute approximate surface area is 411 Å². The van der Waals surface area contributed by atoms with Crippen molar-refractivity contribution < 1.29 is 56.8 Å². The molecule has 0 radical (unpaired) electrons. The second-order valence-electron chi connectivity index (χ2n) is 16.1. The molecule has 4 amide bonds. The zero-order chi connectivity index (χ0) is 49.4. The van der Waals surface area contributed by atoms with E-state index in [2.05, 4.69) is 31.6 Å². The van der Waals surface area contributed by atoms with Crippen molar-refractivity contribution >= 4 is 49.0 Å². The molecule has 22 nitrogen and oxygen atoms in total. The summed E-state index contributed by atoms with van der Waals surface area (Å²) in [6, 6.07) is 23.3. The Kier molecular flexibility index (Phi) is 21.9. The van der Waals surface area contributed by atoms with Crippen LogP contribution in [0.2, 0.25) is 0 Å². The summed E-state index contributed by atoms with van der Waals surface area (Å²) < 4.78 is 57.2. The molecule has 3 heterocycles. The lowest BCUT2D eigenvalue weighted by molar-refractivity contribution is -0.121. The van der Waals surface area contributed by atoms with Crippen LogP contribution in [0.3, 0.4) is 0 Å². The van der Waals surface area contributed by atoms with Crippen molar-refractivity contribution in [2.75, 3.05) is 83.6 Å². The number of carbonyl (C=O) groups excluding carboxylic acids is 2. The lowest BCUT2D eigenvalue weighted by Crippen LogP contribution is -2.38. The summed E-state index contributed by atoms with van der Waals surface area (Å²) >= 11 is 1.88. The Morgan fingerprint density at radius 1 is 0.857 bits per heavy atom. The molecule has 70 heavy (non-hydrogen) atoms. The molecule has 8 N–H and O–H groups in total. The number of ether oxygens (including phenoxy) is 5. The van der Waals surface area contributed by atoms with Crippen molar-refractivity contribution in [1.82, 2.24) is 35.8 Å². The van der Waals surface area contributed by atoms with Gasteiger partial charge in [0.05, 0.1) is 90.9 Å². The summed E-state index contributed by atoms with van der Waals surface area (Å²) in [6.07, 6.45) is 3.58. The normalized spacial score (nSPS) is 16.7. The minimum absolute atomic E-state index is 0.0124. The number of guanidine groups is 1. The van der Waals surface area contributed by atoms with Crippen LogP contribution in [0.15, 0.2) is 91.1 Å². The van der Waals surface area contributed by atoms with Crippen LogP contribution in [0.25, 0.3) is 0 Å². The molecule has 1 aromatic heterocycles. The maximum absolute atomic E-state index is 15.1. The van der Waals surface area contributed by atoms with E-state index in [9.17, 15) is 19.5 Å². The zero-order valence-corrected chi connectivity index (χ0v) is 40.6. The summed E-state index contributed by atoms with van der Waals surface area (Å²) in [7, 11) is -4.45. The number of nitrogens with two attached hydrogens (primary N) is 1. The second kappa shape index (κ2) is 28.7. The Hall–Kier alpha value is -5.94. The maximum Gasteiger partial charge on any atom is 0.457 e. The summed E-state index contributed by atoms with van der Waals surface area (Å²) in [4.78, 5) is 37.6. The number of fused-ring (bicyclic) bond motifs is 1. The second-order valence-corrected chi connectivity index (χ2v) is 19.3. The van der Waals surface area contributed by atoms with Crippen LogP contribution >= 0.6 is 19.4 Å². The first-order valence-corrected chi connectivity index (χ1v) is 25.7. The largest absolute Gasteiger partial charge is 0.465 e. The summed E-state index contributed by atoms with van der Waals surface area (Å²) in [5.41, 5.74) is 6.87. The van der Waals surface area contributed by atoms with E-state index in [-0.39, 0.29) is 74.5 Å². The molecule has 24 heteroatoms. The number of urea groups is 1. The van der Waals surface area contributed by atoms with E-state index >= 15 is 4.57 Å². The minimum atomic E-state index is -4.45. The molecule has 2 aliphatic rings. The molecule has 0 saturated carbocycles. The van der Waals surface area contributed by atoms with Crippen LogP contribution in [-0.2, 0) is 46.2 Å². The predicted octanol–water partition coefficient (Wildman–Crippen LogP) is 5.04. The van der Waals surface area contributed by atoms with E-state index in [0.29, 0.717) is 81.3 Å². The van der Waals surface area contributed by atoms with E-state index < -0.39 is 19.5 Å². The number of unbranched alkanes of at least 4 members (excludes halogenated alkanes) is 1. The number of carbonyl (C=O) groups is 3. The van der Waals surface area contributed by atoms with Gasteiger partial charge in [-0.2, -0.15) is 11.8 Å². The van der Waals surface area contributed by atoms with E-state index in [1.165, 1.54) is 0 Å². The van der Waals surface area contributed by atoms with Gasteiger partial charge in [-0.25, -0.2) is 18.8 Å². The Bertz CT molecular complexity index is 2220. The number of thioether (sulfide) groups is 1. The average Bonchev–Trinajstić information content (AvgIpc) is 4.07. The summed E-state index contributed by atoms with van der Waals surface area (Å²) in [5, 5.41) is 38.3. The van der Waals surface area contributed by atoms with Crippen molar-refractivity contribution in [3.8, 4) is 11.5 Å². The van der Waals surface area contributed by atoms with Crippen molar-refractivity contribution in [1.29, 1.82) is 5.41 Å². The third-order valence-corrected chi connectivity index (χ3v) is 14.4. The van der Waals surface area contributed by atoms with Gasteiger partial charge in [0.1, 0.15) is 17.2 Å². The van der Waals surface area contributed by atoms with Gasteiger partial charge in [0.2, 0.25) is 5.91 Å². The van der Waals surface area contributed by atoms with Gasteiger partial charge in [-0.15, -0.1) is 5.10 Å². The number of anilines is 1. The first-order chi connectivity index (χ1) is 34.1. The van der Waals surface area contributed by atoms with Crippen molar-refractivity contribution in [3.05, 3.63) is 102 Å². The number of nitrogens with zero attached hydrogens (tertiary/aromatic N) is 4. The molecule has 3 aromatic carbocycles. The molecule has 1 unspecified atom stereocenters. The van der Waals surface area contributed by atoms with Crippen LogP contribution < -0.4 is 36.0 Å².